The van der Waals surface area contributed by atoms with Crippen molar-refractivity contribution in [2.24, 2.45) is 5.92 Å². The second-order valence-electron chi connectivity index (χ2n) is 10.0. The Hall–Kier alpha value is -3.20. The number of fused-ring (bicyclic) bond motifs is 7. The van der Waals surface area contributed by atoms with E-state index in [9.17, 15) is 0 Å². The van der Waals surface area contributed by atoms with Crippen molar-refractivity contribution in [2.45, 2.75) is 26.2 Å². The van der Waals surface area contributed by atoms with Crippen LogP contribution in [0.1, 0.15) is 30.5 Å². The maximum Gasteiger partial charge on any atom is 0.273 e. The van der Waals surface area contributed by atoms with Gasteiger partial charge in [0.25, 0.3) is 5.92 Å². The summed E-state index contributed by atoms with van der Waals surface area (Å²) in [6, 6.07) is 26.6. The molecule has 0 unspecified atom stereocenters. The van der Waals surface area contributed by atoms with E-state index in [1.807, 2.05) is 30.3 Å². The number of aromatic nitrogens is 1. The Labute approximate surface area is 221 Å². The van der Waals surface area contributed by atoms with E-state index in [0.29, 0.717) is 22.6 Å². The average Bonchev–Trinajstić information content (AvgIpc) is 2.85. The number of hydrogen-bond acceptors (Lipinski definition) is 1. The van der Waals surface area contributed by atoms with Gasteiger partial charge in [-0.25, -0.2) is 8.78 Å². The normalized spacial score (nSPS) is 13.9. The van der Waals surface area contributed by atoms with Crippen molar-refractivity contribution in [3.63, 3.8) is 0 Å². The van der Waals surface area contributed by atoms with Crippen molar-refractivity contribution in [1.82, 2.24) is 4.98 Å². The number of pyridine rings is 1. The fourth-order valence-corrected chi connectivity index (χ4v) is 5.74. The molecule has 0 atom stereocenters. The van der Waals surface area contributed by atoms with Crippen LogP contribution in [-0.2, 0) is 32.4 Å². The standard InChI is InChI=1S/C32H22F2N.Ir/c1-18(2)13-19-7-8-20-9-10-23-24-11-12-35-31-27-15-21-5-3-4-6-22(21)16-28(27)32(33,34)29(30(24)31)17-26(23)25(20)14-19;/h3-12,14,16-18H,13H2,1-2H3;/q-1;. The van der Waals surface area contributed by atoms with Gasteiger partial charge in [-0.15, -0.1) is 23.6 Å². The minimum Gasteiger partial charge on any atom is -0.294 e. The molecule has 1 heterocycles. The molecule has 5 aromatic carbocycles. The number of halogens is 2. The quantitative estimate of drug-likeness (QED) is 0.135. The van der Waals surface area contributed by atoms with Gasteiger partial charge in [-0.05, 0) is 67.9 Å². The monoisotopic (exact) mass is 651 g/mol. The molecule has 0 amide bonds. The van der Waals surface area contributed by atoms with Gasteiger partial charge >= 0.3 is 0 Å². The van der Waals surface area contributed by atoms with E-state index in [1.54, 1.807) is 18.3 Å². The van der Waals surface area contributed by atoms with Crippen molar-refractivity contribution in [3.05, 3.63) is 102 Å². The second kappa shape index (κ2) is 8.16. The summed E-state index contributed by atoms with van der Waals surface area (Å²) in [5, 5.41) is 6.82. The minimum atomic E-state index is -3.16. The van der Waals surface area contributed by atoms with Crippen LogP contribution in [0.3, 0.4) is 0 Å². The average molecular weight is 651 g/mol. The first kappa shape index (κ1) is 23.2. The molecule has 1 aliphatic rings. The van der Waals surface area contributed by atoms with Crippen LogP contribution in [0.25, 0.3) is 54.3 Å². The first-order chi connectivity index (χ1) is 16.9. The molecule has 0 N–H and O–H groups in total. The van der Waals surface area contributed by atoms with Crippen LogP contribution in [0.4, 0.5) is 8.78 Å². The first-order valence-electron chi connectivity index (χ1n) is 12.0. The smallest absolute Gasteiger partial charge is 0.273 e. The Balaban J connectivity index is 0.00000240. The molecule has 0 saturated carbocycles. The van der Waals surface area contributed by atoms with Crippen LogP contribution >= 0.6 is 0 Å². The van der Waals surface area contributed by atoms with Gasteiger partial charge in [0.15, 0.2) is 0 Å². The first-order valence-corrected chi connectivity index (χ1v) is 12.0. The van der Waals surface area contributed by atoms with Gasteiger partial charge in [0.1, 0.15) is 0 Å². The zero-order valence-electron chi connectivity index (χ0n) is 19.8. The molecule has 0 aliphatic heterocycles. The summed E-state index contributed by atoms with van der Waals surface area (Å²) in [6.07, 6.45) is 2.68. The topological polar surface area (TPSA) is 12.9 Å². The van der Waals surface area contributed by atoms with Crippen molar-refractivity contribution >= 4 is 43.1 Å². The van der Waals surface area contributed by atoms with Crippen molar-refractivity contribution < 1.29 is 28.9 Å². The Morgan fingerprint density at radius 1 is 0.806 bits per heavy atom. The Bertz CT molecular complexity index is 1840. The molecule has 0 saturated heterocycles. The zero-order chi connectivity index (χ0) is 23.9. The summed E-state index contributed by atoms with van der Waals surface area (Å²) in [5.74, 6) is -2.64. The molecule has 1 nitrogen and oxygen atoms in total. The Morgan fingerprint density at radius 3 is 2.44 bits per heavy atom. The molecule has 0 bridgehead atoms. The summed E-state index contributed by atoms with van der Waals surface area (Å²) in [5.41, 5.74) is 2.21. The molecule has 1 radical (unpaired) electrons. The predicted molar refractivity (Wildman–Crippen MR) is 140 cm³/mol. The molecule has 7 rings (SSSR count). The number of benzene rings is 5. The van der Waals surface area contributed by atoms with E-state index in [2.05, 4.69) is 55.2 Å². The van der Waals surface area contributed by atoms with E-state index in [-0.39, 0.29) is 31.2 Å². The van der Waals surface area contributed by atoms with E-state index in [0.717, 1.165) is 44.1 Å². The predicted octanol–water partition coefficient (Wildman–Crippen LogP) is 8.81. The Morgan fingerprint density at radius 2 is 1.61 bits per heavy atom. The van der Waals surface area contributed by atoms with Crippen molar-refractivity contribution in [1.29, 1.82) is 0 Å². The fraction of sp³-hybridized carbons (Fsp3) is 0.156. The molecule has 4 heteroatoms. The van der Waals surface area contributed by atoms with Gasteiger partial charge in [0, 0.05) is 37.6 Å². The molecule has 1 aliphatic carbocycles. The van der Waals surface area contributed by atoms with E-state index >= 15 is 8.78 Å². The summed E-state index contributed by atoms with van der Waals surface area (Å²) < 4.78 is 32.6. The van der Waals surface area contributed by atoms with Gasteiger partial charge in [-0.3, -0.25) is 4.98 Å². The van der Waals surface area contributed by atoms with Crippen molar-refractivity contribution in [2.75, 3.05) is 0 Å². The summed E-state index contributed by atoms with van der Waals surface area (Å²) in [7, 11) is 0. The number of alkyl halides is 2. The summed E-state index contributed by atoms with van der Waals surface area (Å²) in [4.78, 5) is 4.60. The van der Waals surface area contributed by atoms with Gasteiger partial charge in [0.05, 0.1) is 0 Å². The van der Waals surface area contributed by atoms with E-state index < -0.39 is 5.92 Å². The van der Waals surface area contributed by atoms with Crippen LogP contribution in [0.15, 0.2) is 79.0 Å². The fourth-order valence-electron chi connectivity index (χ4n) is 5.74. The van der Waals surface area contributed by atoms with Crippen LogP contribution in [0.5, 0.6) is 0 Å². The molecule has 36 heavy (non-hydrogen) atoms. The SMILES string of the molecule is CC(C)Cc1ccc2ccc3c4ccnc5c4c(cc3c2c1)C(F)(F)c1cc2ccccc2[c-]c1-5.[Ir]. The van der Waals surface area contributed by atoms with Crippen LogP contribution < -0.4 is 0 Å². The van der Waals surface area contributed by atoms with Gasteiger partial charge in [-0.2, -0.15) is 0 Å². The number of rotatable bonds is 2. The van der Waals surface area contributed by atoms with Crippen LogP contribution in [0.2, 0.25) is 0 Å². The van der Waals surface area contributed by atoms with Gasteiger partial charge < -0.3 is 0 Å². The van der Waals surface area contributed by atoms with Gasteiger partial charge in [-0.1, -0.05) is 73.3 Å². The summed E-state index contributed by atoms with van der Waals surface area (Å²) in [6.45, 7) is 4.39. The van der Waals surface area contributed by atoms with Gasteiger partial charge in [0.2, 0.25) is 0 Å². The maximum atomic E-state index is 16.3. The third kappa shape index (κ3) is 3.25. The molecule has 1 aromatic heterocycles. The molecular weight excluding hydrogens is 629 g/mol. The van der Waals surface area contributed by atoms with E-state index in [1.165, 1.54) is 5.56 Å². The minimum absolute atomic E-state index is 0. The molecular formula is C32H22F2IrN-. The van der Waals surface area contributed by atoms with E-state index in [4.69, 9.17) is 0 Å². The number of hydrogen-bond donors (Lipinski definition) is 0. The van der Waals surface area contributed by atoms with Crippen LogP contribution in [0, 0.1) is 12.0 Å². The Kier molecular flexibility index (Phi) is 5.26. The largest absolute Gasteiger partial charge is 0.294 e. The second-order valence-corrected chi connectivity index (χ2v) is 10.0. The third-order valence-electron chi connectivity index (χ3n) is 7.27. The zero-order valence-corrected chi connectivity index (χ0v) is 22.2. The van der Waals surface area contributed by atoms with Crippen LogP contribution in [-0.4, -0.2) is 4.98 Å². The maximum absolute atomic E-state index is 16.3. The molecule has 6 aromatic rings. The third-order valence-corrected chi connectivity index (χ3v) is 7.27. The summed E-state index contributed by atoms with van der Waals surface area (Å²) >= 11 is 0. The molecule has 0 fully saturated rings. The molecule has 0 spiro atoms. The molecule has 179 valence electrons. The number of nitrogens with zero attached hydrogens (tertiary/aromatic N) is 1. The van der Waals surface area contributed by atoms with Crippen molar-refractivity contribution in [3.8, 4) is 11.3 Å².